The number of benzene rings is 2. The van der Waals surface area contributed by atoms with Crippen LogP contribution in [-0.4, -0.2) is 31.8 Å². The average molecular weight is 395 g/mol. The van der Waals surface area contributed by atoms with Gasteiger partial charge in [-0.25, -0.2) is 0 Å². The van der Waals surface area contributed by atoms with Gasteiger partial charge >= 0.3 is 6.18 Å². The Kier molecular flexibility index (Phi) is 5.25. The van der Waals surface area contributed by atoms with Crippen molar-refractivity contribution >= 4 is 5.91 Å². The number of alkyl halides is 3. The number of fused-ring (bicyclic) bond motifs is 1. The van der Waals surface area contributed by atoms with Crippen LogP contribution in [0.1, 0.15) is 33.5 Å². The molecule has 150 valence electrons. The number of amides is 1. The maximum absolute atomic E-state index is 12.6. The Morgan fingerprint density at radius 3 is 2.32 bits per heavy atom. The van der Waals surface area contributed by atoms with Crippen molar-refractivity contribution in [3.63, 3.8) is 0 Å². The van der Waals surface area contributed by atoms with Crippen molar-refractivity contribution in [3.8, 4) is 11.5 Å². The number of hydrogen-bond donors (Lipinski definition) is 2. The Hall–Kier alpha value is -2.74. The number of aliphatic hydroxyl groups is 1. The summed E-state index contributed by atoms with van der Waals surface area (Å²) in [6.45, 7) is -0.0741. The lowest BCUT2D eigenvalue weighted by molar-refractivity contribution is -0.137. The van der Waals surface area contributed by atoms with E-state index in [-0.39, 0.29) is 12.1 Å². The number of nitrogens with one attached hydrogen (secondary N) is 1. The van der Waals surface area contributed by atoms with E-state index in [9.17, 15) is 23.1 Å². The Morgan fingerprint density at radius 1 is 1.14 bits per heavy atom. The van der Waals surface area contributed by atoms with E-state index in [1.807, 2.05) is 0 Å². The molecule has 1 unspecified atom stereocenters. The van der Waals surface area contributed by atoms with Crippen LogP contribution in [0.4, 0.5) is 13.2 Å². The van der Waals surface area contributed by atoms with Crippen LogP contribution in [0.5, 0.6) is 11.5 Å². The van der Waals surface area contributed by atoms with Gasteiger partial charge in [0.15, 0.2) is 11.5 Å². The van der Waals surface area contributed by atoms with E-state index in [4.69, 9.17) is 9.47 Å². The van der Waals surface area contributed by atoms with Gasteiger partial charge in [-0.3, -0.25) is 4.79 Å². The molecule has 2 aromatic rings. The molecule has 0 saturated carbocycles. The minimum Gasteiger partial charge on any atom is -0.493 e. The first-order valence-corrected chi connectivity index (χ1v) is 8.61. The molecule has 3 rings (SSSR count). The molecule has 0 saturated heterocycles. The second-order valence-electron chi connectivity index (χ2n) is 6.65. The summed E-state index contributed by atoms with van der Waals surface area (Å²) in [5, 5.41) is 13.6. The predicted molar refractivity (Wildman–Crippen MR) is 95.5 cm³/mol. The number of methoxy groups -OCH3 is 2. The molecule has 5 nitrogen and oxygen atoms in total. The zero-order chi connectivity index (χ0) is 20.5. The zero-order valence-corrected chi connectivity index (χ0v) is 15.4. The number of rotatable bonds is 5. The van der Waals surface area contributed by atoms with Gasteiger partial charge in [0.25, 0.3) is 5.91 Å². The summed E-state index contributed by atoms with van der Waals surface area (Å²) in [4.78, 5) is 12.3. The third-order valence-corrected chi connectivity index (χ3v) is 4.93. The summed E-state index contributed by atoms with van der Waals surface area (Å²) in [7, 11) is 3.01. The van der Waals surface area contributed by atoms with Crippen molar-refractivity contribution in [2.24, 2.45) is 0 Å². The molecule has 1 amide bonds. The third-order valence-electron chi connectivity index (χ3n) is 4.93. The molecule has 2 N–H and O–H groups in total. The topological polar surface area (TPSA) is 67.8 Å². The van der Waals surface area contributed by atoms with Crippen LogP contribution in [-0.2, 0) is 18.2 Å². The van der Waals surface area contributed by atoms with Crippen LogP contribution >= 0.6 is 0 Å². The van der Waals surface area contributed by atoms with Gasteiger partial charge in [0, 0.05) is 5.56 Å². The lowest BCUT2D eigenvalue weighted by Gasteiger charge is -2.25. The van der Waals surface area contributed by atoms with Gasteiger partial charge in [0.05, 0.1) is 26.3 Å². The number of carbonyl (C=O) groups excluding carboxylic acids is 1. The van der Waals surface area contributed by atoms with Crippen molar-refractivity contribution in [2.45, 2.75) is 24.6 Å². The molecule has 1 aliphatic rings. The van der Waals surface area contributed by atoms with Gasteiger partial charge in [-0.15, -0.1) is 0 Å². The molecule has 0 radical (unpaired) electrons. The Morgan fingerprint density at radius 2 is 1.75 bits per heavy atom. The van der Waals surface area contributed by atoms with Crippen LogP contribution in [0.3, 0.4) is 0 Å². The summed E-state index contributed by atoms with van der Waals surface area (Å²) in [5.41, 5.74) is -0.506. The van der Waals surface area contributed by atoms with Crippen LogP contribution in [0, 0.1) is 0 Å². The SMILES string of the molecule is COc1cc2c(cc1OC)C(O)(CNC(=O)c1ccc(C(F)(F)F)cc1)CC2. The quantitative estimate of drug-likeness (QED) is 0.815. The highest BCUT2D eigenvalue weighted by Crippen LogP contribution is 2.42. The first-order valence-electron chi connectivity index (χ1n) is 8.61. The van der Waals surface area contributed by atoms with Crippen molar-refractivity contribution in [2.75, 3.05) is 20.8 Å². The number of aryl methyl sites for hydroxylation is 1. The molecule has 1 aliphatic carbocycles. The Balaban J connectivity index is 1.74. The number of hydrogen-bond acceptors (Lipinski definition) is 4. The number of halogens is 3. The summed E-state index contributed by atoms with van der Waals surface area (Å²) in [6.07, 6.45) is -3.47. The minimum atomic E-state index is -4.46. The van der Waals surface area contributed by atoms with Crippen molar-refractivity contribution < 1.29 is 32.5 Å². The van der Waals surface area contributed by atoms with Gasteiger partial charge in [-0.2, -0.15) is 13.2 Å². The highest BCUT2D eigenvalue weighted by Gasteiger charge is 2.38. The van der Waals surface area contributed by atoms with Gasteiger partial charge in [0.1, 0.15) is 5.60 Å². The van der Waals surface area contributed by atoms with Crippen LogP contribution < -0.4 is 14.8 Å². The number of ether oxygens (including phenoxy) is 2. The zero-order valence-electron chi connectivity index (χ0n) is 15.4. The molecule has 0 heterocycles. The third kappa shape index (κ3) is 3.77. The minimum absolute atomic E-state index is 0.0741. The maximum Gasteiger partial charge on any atom is 0.416 e. The molecular formula is C20H20F3NO4. The molecule has 0 aromatic heterocycles. The first-order chi connectivity index (χ1) is 13.2. The monoisotopic (exact) mass is 395 g/mol. The van der Waals surface area contributed by atoms with Crippen LogP contribution in [0.2, 0.25) is 0 Å². The van der Waals surface area contributed by atoms with E-state index in [0.717, 1.165) is 29.8 Å². The van der Waals surface area contributed by atoms with E-state index < -0.39 is 23.2 Å². The van der Waals surface area contributed by atoms with Gasteiger partial charge in [-0.05, 0) is 60.4 Å². The lowest BCUT2D eigenvalue weighted by atomic mass is 9.95. The first kappa shape index (κ1) is 20.0. The second-order valence-corrected chi connectivity index (χ2v) is 6.65. The van der Waals surface area contributed by atoms with Crippen LogP contribution in [0.15, 0.2) is 36.4 Å². The maximum atomic E-state index is 12.6. The Labute approximate surface area is 160 Å². The molecule has 0 aliphatic heterocycles. The van der Waals surface area contributed by atoms with Gasteiger partial charge in [0.2, 0.25) is 0 Å². The molecule has 28 heavy (non-hydrogen) atoms. The van der Waals surface area contributed by atoms with Crippen molar-refractivity contribution in [1.82, 2.24) is 5.32 Å². The molecule has 0 bridgehead atoms. The summed E-state index contributed by atoms with van der Waals surface area (Å²) < 4.78 is 48.4. The van der Waals surface area contributed by atoms with Crippen molar-refractivity contribution in [3.05, 3.63) is 58.7 Å². The van der Waals surface area contributed by atoms with Gasteiger partial charge in [-0.1, -0.05) is 0 Å². The Bertz CT molecular complexity index is 880. The van der Waals surface area contributed by atoms with E-state index >= 15 is 0 Å². The van der Waals surface area contributed by atoms with E-state index in [0.29, 0.717) is 29.9 Å². The second kappa shape index (κ2) is 7.35. The number of carbonyl (C=O) groups is 1. The molecular weight excluding hydrogens is 375 g/mol. The van der Waals surface area contributed by atoms with E-state index in [1.165, 1.54) is 14.2 Å². The van der Waals surface area contributed by atoms with Crippen LogP contribution in [0.25, 0.3) is 0 Å². The molecule has 8 heteroatoms. The fraction of sp³-hybridized carbons (Fsp3) is 0.350. The fourth-order valence-corrected chi connectivity index (χ4v) is 3.36. The molecule has 1 atom stereocenters. The molecule has 0 spiro atoms. The average Bonchev–Trinajstić information content (AvgIpc) is 3.00. The predicted octanol–water partition coefficient (Wildman–Crippen LogP) is 3.29. The van der Waals surface area contributed by atoms with E-state index in [2.05, 4.69) is 5.32 Å². The highest BCUT2D eigenvalue weighted by atomic mass is 19.4. The molecule has 0 fully saturated rings. The largest absolute Gasteiger partial charge is 0.493 e. The summed E-state index contributed by atoms with van der Waals surface area (Å²) in [5.74, 6) is 0.464. The summed E-state index contributed by atoms with van der Waals surface area (Å²) in [6, 6.07) is 7.41. The highest BCUT2D eigenvalue weighted by molar-refractivity contribution is 5.94. The smallest absolute Gasteiger partial charge is 0.416 e. The van der Waals surface area contributed by atoms with Crippen molar-refractivity contribution in [1.29, 1.82) is 0 Å². The lowest BCUT2D eigenvalue weighted by Crippen LogP contribution is -2.39. The summed E-state index contributed by atoms with van der Waals surface area (Å²) >= 11 is 0. The normalized spacial score (nSPS) is 18.5. The standard InChI is InChI=1S/C20H20F3NO4/c1-27-16-9-13-7-8-19(26,15(13)10-17(16)28-2)11-24-18(25)12-3-5-14(6-4-12)20(21,22)23/h3-6,9-10,26H,7-8,11H2,1-2H3,(H,24,25). The molecule has 2 aromatic carbocycles. The van der Waals surface area contributed by atoms with E-state index in [1.54, 1.807) is 12.1 Å². The van der Waals surface area contributed by atoms with Gasteiger partial charge < -0.3 is 19.9 Å². The fourth-order valence-electron chi connectivity index (χ4n) is 3.36.